The van der Waals surface area contributed by atoms with Gasteiger partial charge in [0, 0.05) is 19.1 Å². The minimum Gasteiger partial charge on any atom is -0.370 e. The quantitative estimate of drug-likeness (QED) is 0.913. The van der Waals surface area contributed by atoms with Crippen molar-refractivity contribution >= 4 is 5.69 Å². The summed E-state index contributed by atoms with van der Waals surface area (Å²) in [6.45, 7) is 11.5. The van der Waals surface area contributed by atoms with E-state index in [2.05, 4.69) is 55.0 Å². The van der Waals surface area contributed by atoms with Crippen LogP contribution in [0, 0.1) is 11.3 Å². The Morgan fingerprint density at radius 1 is 1.25 bits per heavy atom. The third-order valence-corrected chi connectivity index (χ3v) is 4.73. The highest BCUT2D eigenvalue weighted by Gasteiger charge is 2.28. The monoisotopic (exact) mass is 275 g/mol. The van der Waals surface area contributed by atoms with Gasteiger partial charge in [0.1, 0.15) is 0 Å². The molecule has 3 nitrogen and oxygen atoms in total. The molecule has 0 bridgehead atoms. The first-order valence-corrected chi connectivity index (χ1v) is 7.80. The summed E-state index contributed by atoms with van der Waals surface area (Å²) < 4.78 is 0. The number of hydrogen-bond donors (Lipinski definition) is 1. The SMILES string of the molecule is CNC(C)c1ccc(N2CCC(C(C)(C)C)CC2)cn1. The number of hydrogen-bond acceptors (Lipinski definition) is 3. The zero-order valence-electron chi connectivity index (χ0n) is 13.6. The number of nitrogens with one attached hydrogen (secondary N) is 1. The predicted octanol–water partition coefficient (Wildman–Crippen LogP) is 3.62. The fourth-order valence-corrected chi connectivity index (χ4v) is 2.99. The van der Waals surface area contributed by atoms with Gasteiger partial charge in [-0.1, -0.05) is 20.8 Å². The number of aromatic nitrogens is 1. The molecule has 2 rings (SSSR count). The molecular formula is C17H29N3. The van der Waals surface area contributed by atoms with Crippen LogP contribution in [0.15, 0.2) is 18.3 Å². The third kappa shape index (κ3) is 3.51. The van der Waals surface area contributed by atoms with Crippen LogP contribution in [0.4, 0.5) is 5.69 Å². The molecule has 20 heavy (non-hydrogen) atoms. The van der Waals surface area contributed by atoms with Crippen LogP contribution in [0.2, 0.25) is 0 Å². The van der Waals surface area contributed by atoms with E-state index >= 15 is 0 Å². The number of anilines is 1. The Morgan fingerprint density at radius 2 is 1.90 bits per heavy atom. The number of nitrogens with zero attached hydrogens (tertiary/aromatic N) is 2. The van der Waals surface area contributed by atoms with Crippen LogP contribution in [0.3, 0.4) is 0 Å². The van der Waals surface area contributed by atoms with Crippen molar-refractivity contribution in [3.8, 4) is 0 Å². The van der Waals surface area contributed by atoms with Gasteiger partial charge in [-0.15, -0.1) is 0 Å². The van der Waals surface area contributed by atoms with Gasteiger partial charge in [0.2, 0.25) is 0 Å². The van der Waals surface area contributed by atoms with E-state index in [9.17, 15) is 0 Å². The Labute approximate surface area is 123 Å². The highest BCUT2D eigenvalue weighted by atomic mass is 15.1. The van der Waals surface area contributed by atoms with E-state index in [0.717, 1.165) is 24.7 Å². The van der Waals surface area contributed by atoms with E-state index in [1.165, 1.54) is 18.5 Å². The van der Waals surface area contributed by atoms with Crippen molar-refractivity contribution in [2.45, 2.75) is 46.6 Å². The summed E-state index contributed by atoms with van der Waals surface area (Å²) in [6.07, 6.45) is 4.61. The van der Waals surface area contributed by atoms with Crippen molar-refractivity contribution in [3.63, 3.8) is 0 Å². The van der Waals surface area contributed by atoms with Gasteiger partial charge in [0.25, 0.3) is 0 Å². The molecule has 1 aliphatic heterocycles. The lowest BCUT2D eigenvalue weighted by atomic mass is 9.75. The summed E-state index contributed by atoms with van der Waals surface area (Å²) in [5, 5.41) is 3.23. The fourth-order valence-electron chi connectivity index (χ4n) is 2.99. The molecule has 1 atom stereocenters. The van der Waals surface area contributed by atoms with E-state index in [1.807, 2.05) is 13.2 Å². The topological polar surface area (TPSA) is 28.2 Å². The molecule has 1 aromatic rings. The highest BCUT2D eigenvalue weighted by molar-refractivity contribution is 5.45. The Morgan fingerprint density at radius 3 is 2.35 bits per heavy atom. The largest absolute Gasteiger partial charge is 0.370 e. The Bertz CT molecular complexity index is 411. The predicted molar refractivity (Wildman–Crippen MR) is 86.1 cm³/mol. The van der Waals surface area contributed by atoms with Gasteiger partial charge in [-0.25, -0.2) is 0 Å². The van der Waals surface area contributed by atoms with Crippen molar-refractivity contribution in [3.05, 3.63) is 24.0 Å². The molecule has 2 heterocycles. The van der Waals surface area contributed by atoms with Gasteiger partial charge < -0.3 is 10.2 Å². The van der Waals surface area contributed by atoms with Crippen LogP contribution in [0.5, 0.6) is 0 Å². The van der Waals surface area contributed by atoms with Crippen LogP contribution in [-0.2, 0) is 0 Å². The smallest absolute Gasteiger partial charge is 0.0571 e. The van der Waals surface area contributed by atoms with Crippen LogP contribution in [0.25, 0.3) is 0 Å². The van der Waals surface area contributed by atoms with Crippen LogP contribution in [-0.4, -0.2) is 25.1 Å². The van der Waals surface area contributed by atoms with Gasteiger partial charge >= 0.3 is 0 Å². The Balaban J connectivity index is 1.97. The molecule has 0 amide bonds. The summed E-state index contributed by atoms with van der Waals surface area (Å²) in [5.41, 5.74) is 2.82. The van der Waals surface area contributed by atoms with Crippen molar-refractivity contribution in [2.24, 2.45) is 11.3 Å². The highest BCUT2D eigenvalue weighted by Crippen LogP contribution is 2.35. The lowest BCUT2D eigenvalue weighted by Crippen LogP contribution is -2.38. The van der Waals surface area contributed by atoms with Crippen molar-refractivity contribution < 1.29 is 0 Å². The Kier molecular flexibility index (Phi) is 4.69. The number of pyridine rings is 1. The van der Waals surface area contributed by atoms with Crippen molar-refractivity contribution in [1.29, 1.82) is 0 Å². The molecule has 1 N–H and O–H groups in total. The van der Waals surface area contributed by atoms with Gasteiger partial charge in [-0.05, 0) is 50.3 Å². The van der Waals surface area contributed by atoms with Gasteiger partial charge in [0.05, 0.1) is 17.6 Å². The first-order chi connectivity index (χ1) is 9.41. The second-order valence-corrected chi connectivity index (χ2v) is 7.08. The van der Waals surface area contributed by atoms with Crippen molar-refractivity contribution in [1.82, 2.24) is 10.3 Å². The summed E-state index contributed by atoms with van der Waals surface area (Å²) in [5.74, 6) is 0.843. The fraction of sp³-hybridized carbons (Fsp3) is 0.706. The second kappa shape index (κ2) is 6.13. The molecule has 1 fully saturated rings. The second-order valence-electron chi connectivity index (χ2n) is 7.08. The summed E-state index contributed by atoms with van der Waals surface area (Å²) >= 11 is 0. The molecule has 1 unspecified atom stereocenters. The maximum Gasteiger partial charge on any atom is 0.0571 e. The molecule has 1 saturated heterocycles. The zero-order valence-corrected chi connectivity index (χ0v) is 13.6. The molecule has 0 spiro atoms. The molecule has 0 aliphatic carbocycles. The third-order valence-electron chi connectivity index (χ3n) is 4.73. The average molecular weight is 275 g/mol. The van der Waals surface area contributed by atoms with Gasteiger partial charge in [-0.2, -0.15) is 0 Å². The number of piperidine rings is 1. The van der Waals surface area contributed by atoms with E-state index in [-0.39, 0.29) is 0 Å². The van der Waals surface area contributed by atoms with E-state index < -0.39 is 0 Å². The summed E-state index contributed by atoms with van der Waals surface area (Å²) in [4.78, 5) is 7.06. The molecule has 1 aromatic heterocycles. The molecule has 1 aliphatic rings. The van der Waals surface area contributed by atoms with Gasteiger partial charge in [0.15, 0.2) is 0 Å². The van der Waals surface area contributed by atoms with E-state index in [4.69, 9.17) is 0 Å². The molecule has 0 radical (unpaired) electrons. The van der Waals surface area contributed by atoms with E-state index in [1.54, 1.807) is 0 Å². The molecular weight excluding hydrogens is 246 g/mol. The zero-order chi connectivity index (χ0) is 14.8. The first kappa shape index (κ1) is 15.3. The average Bonchev–Trinajstić information content (AvgIpc) is 2.46. The van der Waals surface area contributed by atoms with Gasteiger partial charge in [-0.3, -0.25) is 4.98 Å². The standard InChI is InChI=1S/C17H29N3/c1-13(18-5)16-7-6-15(12-19-16)20-10-8-14(9-11-20)17(2,3)4/h6-7,12-14,18H,8-11H2,1-5H3. The summed E-state index contributed by atoms with van der Waals surface area (Å²) in [7, 11) is 1.97. The van der Waals surface area contributed by atoms with Crippen LogP contribution >= 0.6 is 0 Å². The minimum absolute atomic E-state index is 0.315. The number of rotatable bonds is 3. The maximum absolute atomic E-state index is 4.59. The molecule has 112 valence electrons. The minimum atomic E-state index is 0.315. The normalized spacial score (nSPS) is 19.1. The lowest BCUT2D eigenvalue weighted by Gasteiger charge is -2.39. The Hall–Kier alpha value is -1.09. The van der Waals surface area contributed by atoms with Crippen molar-refractivity contribution in [2.75, 3.05) is 25.0 Å². The summed E-state index contributed by atoms with van der Waals surface area (Å²) in [6, 6.07) is 4.68. The maximum atomic E-state index is 4.59. The first-order valence-electron chi connectivity index (χ1n) is 7.80. The van der Waals surface area contributed by atoms with Crippen LogP contribution < -0.4 is 10.2 Å². The van der Waals surface area contributed by atoms with Crippen LogP contribution in [0.1, 0.15) is 52.3 Å². The lowest BCUT2D eigenvalue weighted by molar-refractivity contribution is 0.199. The van der Waals surface area contributed by atoms with E-state index in [0.29, 0.717) is 11.5 Å². The molecule has 0 aromatic carbocycles. The molecule has 0 saturated carbocycles. The molecule has 3 heteroatoms.